The van der Waals surface area contributed by atoms with Gasteiger partial charge in [-0.3, -0.25) is 4.79 Å². The number of nitrogens with one attached hydrogen (secondary N) is 2. The second kappa shape index (κ2) is 9.71. The third kappa shape index (κ3) is 4.68. The van der Waals surface area contributed by atoms with Crippen LogP contribution >= 0.6 is 11.3 Å². The first kappa shape index (κ1) is 21.7. The van der Waals surface area contributed by atoms with Gasteiger partial charge in [-0.15, -0.1) is 11.3 Å². The fraction of sp³-hybridized carbons (Fsp3) is 0.148. The summed E-state index contributed by atoms with van der Waals surface area (Å²) >= 11 is 1.61. The van der Waals surface area contributed by atoms with Gasteiger partial charge in [-0.1, -0.05) is 48.5 Å². The van der Waals surface area contributed by atoms with Gasteiger partial charge in [0.2, 0.25) is 0 Å². The van der Waals surface area contributed by atoms with Crippen LogP contribution in [0.5, 0.6) is 5.75 Å². The first-order valence-corrected chi connectivity index (χ1v) is 11.3. The number of aryl methyl sites for hydroxylation is 1. The molecule has 0 aliphatic rings. The molecule has 0 saturated carbocycles. The average Bonchev–Trinajstić information content (AvgIpc) is 3.11. The molecule has 1 heterocycles. The molecule has 1 amide bonds. The van der Waals surface area contributed by atoms with Gasteiger partial charge in [-0.2, -0.15) is 0 Å². The summed E-state index contributed by atoms with van der Waals surface area (Å²) in [6, 6.07) is 27.4. The number of methoxy groups -OCH3 is 1. The Morgan fingerprint density at radius 1 is 0.875 bits per heavy atom. The van der Waals surface area contributed by atoms with Crippen LogP contribution in [0.1, 0.15) is 38.0 Å². The molecule has 3 aromatic carbocycles. The van der Waals surface area contributed by atoms with E-state index >= 15 is 0 Å². The summed E-state index contributed by atoms with van der Waals surface area (Å²) < 4.78 is 5.30. The van der Waals surface area contributed by atoms with E-state index in [9.17, 15) is 4.79 Å². The molecule has 0 saturated heterocycles. The number of anilines is 2. The first-order chi connectivity index (χ1) is 15.6. The lowest BCUT2D eigenvalue weighted by molar-refractivity contribution is 0.102. The van der Waals surface area contributed by atoms with Crippen LogP contribution in [0.25, 0.3) is 0 Å². The van der Waals surface area contributed by atoms with Gasteiger partial charge in [0.25, 0.3) is 5.91 Å². The van der Waals surface area contributed by atoms with E-state index < -0.39 is 0 Å². The van der Waals surface area contributed by atoms with Gasteiger partial charge in [0.15, 0.2) is 0 Å². The summed E-state index contributed by atoms with van der Waals surface area (Å²) in [4.78, 5) is 14.1. The average molecular weight is 443 g/mol. The molecule has 0 radical (unpaired) electrons. The molecule has 1 aromatic heterocycles. The number of thiophene rings is 1. The zero-order valence-electron chi connectivity index (χ0n) is 18.4. The number of hydrogen-bond donors (Lipinski definition) is 2. The fourth-order valence-electron chi connectivity index (χ4n) is 3.67. The number of benzene rings is 3. The third-order valence-corrected chi connectivity index (χ3v) is 6.66. The molecule has 4 aromatic rings. The van der Waals surface area contributed by atoms with Crippen molar-refractivity contribution in [3.63, 3.8) is 0 Å². The van der Waals surface area contributed by atoms with E-state index in [1.165, 1.54) is 10.4 Å². The van der Waals surface area contributed by atoms with Gasteiger partial charge in [-0.25, -0.2) is 0 Å². The Labute approximate surface area is 192 Å². The maximum absolute atomic E-state index is 12.9. The smallest absolute Gasteiger partial charge is 0.256 e. The molecule has 0 bridgehead atoms. The van der Waals surface area contributed by atoms with Crippen molar-refractivity contribution in [2.24, 2.45) is 0 Å². The Balaban J connectivity index is 1.74. The highest BCUT2D eigenvalue weighted by atomic mass is 32.1. The minimum absolute atomic E-state index is 0.107. The molecule has 4 nitrogen and oxygen atoms in total. The standard InChI is InChI=1S/C27H26N2O2S/c1-18-19(2)32-27(29-26(30)21-12-8-5-9-13-21)24(18)25(20-10-6-4-7-11-20)28-22-14-16-23(31-3)17-15-22/h4-17,25,28H,1-3H3,(H,29,30)/t25-/m1/s1. The zero-order chi connectivity index (χ0) is 22.5. The number of ether oxygens (including phenoxy) is 1. The lowest BCUT2D eigenvalue weighted by Gasteiger charge is -2.23. The van der Waals surface area contributed by atoms with Crippen molar-refractivity contribution in [1.29, 1.82) is 0 Å². The van der Waals surface area contributed by atoms with Crippen LogP contribution in [0.2, 0.25) is 0 Å². The van der Waals surface area contributed by atoms with Gasteiger partial charge < -0.3 is 15.4 Å². The van der Waals surface area contributed by atoms with Crippen molar-refractivity contribution < 1.29 is 9.53 Å². The molecule has 0 aliphatic carbocycles. The number of carbonyl (C=O) groups is 1. The molecule has 4 rings (SSSR count). The molecule has 32 heavy (non-hydrogen) atoms. The Morgan fingerprint density at radius 3 is 2.12 bits per heavy atom. The monoisotopic (exact) mass is 442 g/mol. The van der Waals surface area contributed by atoms with Crippen molar-refractivity contribution in [3.8, 4) is 5.75 Å². The van der Waals surface area contributed by atoms with E-state index in [4.69, 9.17) is 4.74 Å². The normalized spacial score (nSPS) is 11.6. The summed E-state index contributed by atoms with van der Waals surface area (Å²) in [7, 11) is 1.66. The Hall–Kier alpha value is -3.57. The van der Waals surface area contributed by atoms with Crippen LogP contribution in [0.15, 0.2) is 84.9 Å². The topological polar surface area (TPSA) is 50.4 Å². The predicted octanol–water partition coefficient (Wildman–Crippen LogP) is 6.83. The van der Waals surface area contributed by atoms with E-state index in [2.05, 4.69) is 36.6 Å². The number of hydrogen-bond acceptors (Lipinski definition) is 4. The molecular weight excluding hydrogens is 416 g/mol. The summed E-state index contributed by atoms with van der Waals surface area (Å²) in [5, 5.41) is 7.70. The number of rotatable bonds is 7. The molecule has 0 spiro atoms. The van der Waals surface area contributed by atoms with E-state index in [-0.39, 0.29) is 11.9 Å². The van der Waals surface area contributed by atoms with Crippen LogP contribution in [-0.4, -0.2) is 13.0 Å². The SMILES string of the molecule is COc1ccc(N[C@H](c2ccccc2)c2c(NC(=O)c3ccccc3)sc(C)c2C)cc1. The van der Waals surface area contributed by atoms with Crippen molar-refractivity contribution in [2.75, 3.05) is 17.7 Å². The Morgan fingerprint density at radius 2 is 1.50 bits per heavy atom. The highest BCUT2D eigenvalue weighted by molar-refractivity contribution is 7.16. The molecule has 1 atom stereocenters. The highest BCUT2D eigenvalue weighted by Gasteiger charge is 2.24. The molecule has 0 aliphatic heterocycles. The van der Waals surface area contributed by atoms with Gasteiger partial charge >= 0.3 is 0 Å². The maximum Gasteiger partial charge on any atom is 0.256 e. The minimum Gasteiger partial charge on any atom is -0.497 e. The zero-order valence-corrected chi connectivity index (χ0v) is 19.2. The molecule has 162 valence electrons. The van der Waals surface area contributed by atoms with Crippen LogP contribution in [0.4, 0.5) is 10.7 Å². The van der Waals surface area contributed by atoms with Gasteiger partial charge in [0.1, 0.15) is 10.8 Å². The lowest BCUT2D eigenvalue weighted by Crippen LogP contribution is -2.17. The van der Waals surface area contributed by atoms with Crippen LogP contribution in [-0.2, 0) is 0 Å². The van der Waals surface area contributed by atoms with E-state index in [1.54, 1.807) is 18.4 Å². The Bertz CT molecular complexity index is 1190. The predicted molar refractivity (Wildman–Crippen MR) is 133 cm³/mol. The quantitative estimate of drug-likeness (QED) is 0.330. The third-order valence-electron chi connectivity index (χ3n) is 5.52. The second-order valence-corrected chi connectivity index (χ2v) is 8.79. The summed E-state index contributed by atoms with van der Waals surface area (Å²) in [6.45, 7) is 4.21. The minimum atomic E-state index is -0.124. The molecule has 0 unspecified atom stereocenters. The summed E-state index contributed by atoms with van der Waals surface area (Å²) in [5.74, 6) is 0.703. The molecular formula is C27H26N2O2S. The Kier molecular flexibility index (Phi) is 6.57. The van der Waals surface area contributed by atoms with E-state index in [0.717, 1.165) is 27.6 Å². The van der Waals surface area contributed by atoms with Crippen LogP contribution < -0.4 is 15.4 Å². The van der Waals surface area contributed by atoms with Crippen molar-refractivity contribution in [2.45, 2.75) is 19.9 Å². The van der Waals surface area contributed by atoms with Crippen molar-refractivity contribution >= 4 is 27.9 Å². The van der Waals surface area contributed by atoms with Gasteiger partial charge in [-0.05, 0) is 61.4 Å². The largest absolute Gasteiger partial charge is 0.497 e. The van der Waals surface area contributed by atoms with Gasteiger partial charge in [0.05, 0.1) is 13.2 Å². The number of carbonyl (C=O) groups excluding carboxylic acids is 1. The molecule has 5 heteroatoms. The van der Waals surface area contributed by atoms with Crippen molar-refractivity contribution in [1.82, 2.24) is 0 Å². The number of amides is 1. The fourth-order valence-corrected chi connectivity index (χ4v) is 4.77. The lowest BCUT2D eigenvalue weighted by atomic mass is 9.96. The molecule has 0 fully saturated rings. The van der Waals surface area contributed by atoms with Crippen molar-refractivity contribution in [3.05, 3.63) is 112 Å². The summed E-state index contributed by atoms with van der Waals surface area (Å²) in [5.41, 5.74) is 5.00. The highest BCUT2D eigenvalue weighted by Crippen LogP contribution is 2.41. The molecule has 2 N–H and O–H groups in total. The maximum atomic E-state index is 12.9. The second-order valence-electron chi connectivity index (χ2n) is 7.56. The summed E-state index contributed by atoms with van der Waals surface area (Å²) in [6.07, 6.45) is 0. The van der Waals surface area contributed by atoms with E-state index in [0.29, 0.717) is 5.56 Å². The van der Waals surface area contributed by atoms with Crippen LogP contribution in [0.3, 0.4) is 0 Å². The van der Waals surface area contributed by atoms with Gasteiger partial charge in [0, 0.05) is 21.7 Å². The van der Waals surface area contributed by atoms with Crippen LogP contribution in [0, 0.1) is 13.8 Å². The first-order valence-electron chi connectivity index (χ1n) is 10.5. The van der Waals surface area contributed by atoms with E-state index in [1.807, 2.05) is 72.8 Å².